The van der Waals surface area contributed by atoms with Gasteiger partial charge in [0.1, 0.15) is 0 Å². The van der Waals surface area contributed by atoms with E-state index in [1.54, 1.807) is 6.07 Å². The van der Waals surface area contributed by atoms with Gasteiger partial charge in [0.05, 0.1) is 11.4 Å². The normalized spacial score (nSPS) is 10.9. The molecule has 3 aromatic carbocycles. The van der Waals surface area contributed by atoms with Crippen molar-refractivity contribution in [1.29, 1.82) is 0 Å². The van der Waals surface area contributed by atoms with Crippen LogP contribution in [0.2, 0.25) is 0 Å². The van der Waals surface area contributed by atoms with Crippen molar-refractivity contribution in [3.05, 3.63) is 72.3 Å². The van der Waals surface area contributed by atoms with Gasteiger partial charge in [0.25, 0.3) is 0 Å². The molecule has 0 saturated heterocycles. The molecule has 0 fully saturated rings. The highest BCUT2D eigenvalue weighted by atomic mass is 16.2. The Morgan fingerprint density at radius 1 is 0.947 bits per heavy atom. The molecular formula is C30H33N7O. The number of hydrogen-bond acceptors (Lipinski definition) is 5. The molecule has 0 bridgehead atoms. The van der Waals surface area contributed by atoms with Crippen LogP contribution in [0.25, 0.3) is 22.5 Å². The first-order chi connectivity index (χ1) is 18.3. The lowest BCUT2D eigenvalue weighted by molar-refractivity contribution is 0.262. The van der Waals surface area contributed by atoms with E-state index in [2.05, 4.69) is 81.9 Å². The number of H-pyrrole nitrogens is 1. The molecule has 0 atom stereocenters. The molecule has 0 saturated carbocycles. The number of nitrogens with one attached hydrogen (secondary N) is 3. The highest BCUT2D eigenvalue weighted by Gasteiger charge is 2.19. The van der Waals surface area contributed by atoms with Gasteiger partial charge in [-0.05, 0) is 63.7 Å². The Bertz CT molecular complexity index is 1410. The Hall–Kier alpha value is -4.64. The van der Waals surface area contributed by atoms with E-state index < -0.39 is 0 Å². The molecule has 0 aliphatic rings. The third-order valence-electron chi connectivity index (χ3n) is 5.88. The second-order valence-electron chi connectivity index (χ2n) is 10.0. The van der Waals surface area contributed by atoms with Crippen LogP contribution in [0.15, 0.2) is 66.7 Å². The lowest BCUT2D eigenvalue weighted by Gasteiger charge is -2.31. The largest absolute Gasteiger partial charge is 0.369 e. The number of rotatable bonds is 9. The number of terminal acetylenes is 1. The molecule has 4 rings (SSSR count). The predicted molar refractivity (Wildman–Crippen MR) is 154 cm³/mol. The van der Waals surface area contributed by atoms with Crippen LogP contribution in [0.5, 0.6) is 0 Å². The van der Waals surface area contributed by atoms with Crippen molar-refractivity contribution >= 4 is 23.1 Å². The lowest BCUT2D eigenvalue weighted by atomic mass is 9.97. The highest BCUT2D eigenvalue weighted by molar-refractivity contribution is 6.02. The van der Waals surface area contributed by atoms with Crippen LogP contribution in [-0.4, -0.2) is 39.7 Å². The van der Waals surface area contributed by atoms with E-state index in [0.717, 1.165) is 35.5 Å². The van der Waals surface area contributed by atoms with Crippen LogP contribution in [0.4, 0.5) is 21.9 Å². The van der Waals surface area contributed by atoms with Gasteiger partial charge >= 0.3 is 6.03 Å². The van der Waals surface area contributed by atoms with E-state index in [1.165, 1.54) is 0 Å². The van der Waals surface area contributed by atoms with E-state index in [0.29, 0.717) is 34.6 Å². The SMILES string of the molecule is C#Cc1cccc(NC(=O)Nc2cc(-c3ccccc3-c3nnn[nH]3)ccc2N(CC(C)C)CC(C)C)c1. The molecule has 3 N–H and O–H groups in total. The van der Waals surface area contributed by atoms with Gasteiger partial charge in [0.15, 0.2) is 5.82 Å². The Kier molecular flexibility index (Phi) is 8.39. The topological polar surface area (TPSA) is 98.8 Å². The quantitative estimate of drug-likeness (QED) is 0.232. The van der Waals surface area contributed by atoms with Crippen molar-refractivity contribution < 1.29 is 4.79 Å². The molecule has 1 aromatic heterocycles. The third-order valence-corrected chi connectivity index (χ3v) is 5.88. The van der Waals surface area contributed by atoms with Crippen LogP contribution in [0, 0.1) is 24.2 Å². The molecule has 38 heavy (non-hydrogen) atoms. The molecule has 4 aromatic rings. The summed E-state index contributed by atoms with van der Waals surface area (Å²) in [5.74, 6) is 4.06. The summed E-state index contributed by atoms with van der Waals surface area (Å²) in [6.07, 6.45) is 5.53. The fourth-order valence-electron chi connectivity index (χ4n) is 4.42. The number of hydrogen-bond donors (Lipinski definition) is 3. The highest BCUT2D eigenvalue weighted by Crippen LogP contribution is 2.36. The zero-order chi connectivity index (χ0) is 27.1. The minimum Gasteiger partial charge on any atom is -0.369 e. The van der Waals surface area contributed by atoms with Gasteiger partial charge in [0, 0.05) is 29.9 Å². The third kappa shape index (κ3) is 6.56. The molecular weight excluding hydrogens is 474 g/mol. The Morgan fingerprint density at radius 2 is 1.68 bits per heavy atom. The standard InChI is InChI=1S/C30H33N7O/c1-6-22-10-9-11-24(16-22)31-30(38)32-27-17-23(14-15-28(27)37(18-20(2)3)19-21(4)5)25-12-7-8-13-26(25)29-33-35-36-34-29/h1,7-17,20-21H,18-19H2,2-5H3,(H2,31,32,38)(H,33,34,35,36). The van der Waals surface area contributed by atoms with Gasteiger partial charge in [0.2, 0.25) is 0 Å². The van der Waals surface area contributed by atoms with Crippen molar-refractivity contribution in [2.45, 2.75) is 27.7 Å². The van der Waals surface area contributed by atoms with Crippen molar-refractivity contribution in [1.82, 2.24) is 20.6 Å². The second kappa shape index (κ2) is 12.1. The molecule has 8 nitrogen and oxygen atoms in total. The average molecular weight is 508 g/mol. The summed E-state index contributed by atoms with van der Waals surface area (Å²) in [6, 6.07) is 20.9. The molecule has 2 amide bonds. The number of amides is 2. The Labute approximate surface area is 223 Å². The molecule has 0 aliphatic heterocycles. The maximum absolute atomic E-state index is 13.2. The van der Waals surface area contributed by atoms with Crippen molar-refractivity contribution in [3.8, 4) is 34.9 Å². The molecule has 0 aliphatic carbocycles. The predicted octanol–water partition coefficient (Wildman–Crippen LogP) is 6.28. The number of nitrogens with zero attached hydrogens (tertiary/aromatic N) is 4. The van der Waals surface area contributed by atoms with Crippen LogP contribution >= 0.6 is 0 Å². The maximum atomic E-state index is 13.2. The number of benzene rings is 3. The molecule has 194 valence electrons. The lowest BCUT2D eigenvalue weighted by Crippen LogP contribution is -2.32. The van der Waals surface area contributed by atoms with E-state index >= 15 is 0 Å². The summed E-state index contributed by atoms with van der Waals surface area (Å²) in [7, 11) is 0. The number of carbonyl (C=O) groups excluding carboxylic acids is 1. The fraction of sp³-hybridized carbons (Fsp3) is 0.267. The number of tetrazole rings is 1. The Balaban J connectivity index is 1.74. The number of anilines is 3. The first kappa shape index (κ1) is 26.4. The fourth-order valence-corrected chi connectivity index (χ4v) is 4.42. The zero-order valence-electron chi connectivity index (χ0n) is 22.2. The van der Waals surface area contributed by atoms with Crippen molar-refractivity contribution in [3.63, 3.8) is 0 Å². The van der Waals surface area contributed by atoms with Gasteiger partial charge < -0.3 is 15.5 Å². The first-order valence-electron chi connectivity index (χ1n) is 12.7. The van der Waals surface area contributed by atoms with Crippen molar-refractivity contribution in [2.24, 2.45) is 11.8 Å². The van der Waals surface area contributed by atoms with Crippen LogP contribution in [-0.2, 0) is 0 Å². The van der Waals surface area contributed by atoms with Crippen molar-refractivity contribution in [2.75, 3.05) is 28.6 Å². The molecule has 1 heterocycles. The van der Waals surface area contributed by atoms with Gasteiger partial charge in [-0.15, -0.1) is 11.5 Å². The number of urea groups is 1. The van der Waals surface area contributed by atoms with E-state index in [9.17, 15) is 4.79 Å². The molecule has 8 heteroatoms. The summed E-state index contributed by atoms with van der Waals surface area (Å²) in [6.45, 7) is 10.5. The van der Waals surface area contributed by atoms with E-state index in [-0.39, 0.29) is 6.03 Å². The number of aromatic nitrogens is 4. The van der Waals surface area contributed by atoms with Gasteiger partial charge in [-0.25, -0.2) is 9.89 Å². The number of carbonyl (C=O) groups is 1. The zero-order valence-corrected chi connectivity index (χ0v) is 22.2. The van der Waals surface area contributed by atoms with Gasteiger partial charge in [-0.2, -0.15) is 0 Å². The summed E-state index contributed by atoms with van der Waals surface area (Å²) >= 11 is 0. The smallest absolute Gasteiger partial charge is 0.323 e. The van der Waals surface area contributed by atoms with Gasteiger partial charge in [-0.3, -0.25) is 0 Å². The van der Waals surface area contributed by atoms with E-state index in [4.69, 9.17) is 6.42 Å². The summed E-state index contributed by atoms with van der Waals surface area (Å²) in [5, 5.41) is 20.4. The Morgan fingerprint density at radius 3 is 2.34 bits per heavy atom. The number of aromatic amines is 1. The van der Waals surface area contributed by atoms with Gasteiger partial charge in [-0.1, -0.05) is 70.0 Å². The minimum absolute atomic E-state index is 0.348. The van der Waals surface area contributed by atoms with Crippen LogP contribution in [0.1, 0.15) is 33.3 Å². The summed E-state index contributed by atoms with van der Waals surface area (Å²) < 4.78 is 0. The maximum Gasteiger partial charge on any atom is 0.323 e. The summed E-state index contributed by atoms with van der Waals surface area (Å²) in [5.41, 5.74) is 5.74. The second-order valence-corrected chi connectivity index (χ2v) is 10.0. The van der Waals surface area contributed by atoms with Crippen LogP contribution in [0.3, 0.4) is 0 Å². The summed E-state index contributed by atoms with van der Waals surface area (Å²) in [4.78, 5) is 15.5. The molecule has 0 spiro atoms. The average Bonchev–Trinajstić information content (AvgIpc) is 3.43. The van der Waals surface area contributed by atoms with Crippen LogP contribution < -0.4 is 15.5 Å². The monoisotopic (exact) mass is 507 g/mol. The molecule has 0 radical (unpaired) electrons. The van der Waals surface area contributed by atoms with E-state index in [1.807, 2.05) is 48.5 Å². The molecule has 0 unspecified atom stereocenters. The first-order valence-corrected chi connectivity index (χ1v) is 12.7. The minimum atomic E-state index is -0.348.